The zero-order valence-electron chi connectivity index (χ0n) is 13.4. The third-order valence-corrected chi connectivity index (χ3v) is 4.85. The predicted molar refractivity (Wildman–Crippen MR) is 84.9 cm³/mol. The molecule has 0 saturated carbocycles. The topological polar surface area (TPSA) is 92.9 Å². The van der Waals surface area contributed by atoms with Crippen molar-refractivity contribution in [1.29, 1.82) is 0 Å². The summed E-state index contributed by atoms with van der Waals surface area (Å²) in [5.74, 6) is 1.57. The van der Waals surface area contributed by atoms with Gasteiger partial charge in [0.1, 0.15) is 12.1 Å². The van der Waals surface area contributed by atoms with Gasteiger partial charge in [-0.05, 0) is 29.2 Å². The maximum absolute atomic E-state index is 12.7. The standard InChI is InChI=1S/C15H20N8O/c24-15(3-6-22-11-18-19-20-22)23-9-12-1-2-13(23)10-21(8-12)14-7-16-4-5-17-14/h4-5,7,11-13H,1-3,6,8-10H2. The molecule has 9 heteroatoms. The van der Waals surface area contributed by atoms with Gasteiger partial charge in [0.05, 0.1) is 12.7 Å². The fourth-order valence-corrected chi connectivity index (χ4v) is 3.67. The maximum atomic E-state index is 12.7. The second-order valence-electron chi connectivity index (χ2n) is 6.43. The number of fused-ring (bicyclic) bond motifs is 4. The molecule has 2 unspecified atom stereocenters. The van der Waals surface area contributed by atoms with Crippen molar-refractivity contribution in [1.82, 2.24) is 35.1 Å². The van der Waals surface area contributed by atoms with E-state index in [0.29, 0.717) is 18.9 Å². The first kappa shape index (κ1) is 15.0. The molecule has 0 aromatic carbocycles. The molecule has 3 fully saturated rings. The monoisotopic (exact) mass is 328 g/mol. The first-order chi connectivity index (χ1) is 11.8. The van der Waals surface area contributed by atoms with Crippen LogP contribution < -0.4 is 4.90 Å². The van der Waals surface area contributed by atoms with Crippen LogP contribution >= 0.6 is 0 Å². The lowest BCUT2D eigenvalue weighted by Crippen LogP contribution is -2.47. The molecule has 5 rings (SSSR count). The van der Waals surface area contributed by atoms with Crippen LogP contribution in [0.1, 0.15) is 19.3 Å². The Balaban J connectivity index is 1.43. The molecule has 3 aliphatic heterocycles. The van der Waals surface area contributed by atoms with E-state index < -0.39 is 0 Å². The number of piperidine rings is 1. The molecular weight excluding hydrogens is 308 g/mol. The van der Waals surface area contributed by atoms with Gasteiger partial charge in [0, 0.05) is 44.5 Å². The summed E-state index contributed by atoms with van der Waals surface area (Å²) in [4.78, 5) is 25.6. The molecule has 0 radical (unpaired) electrons. The van der Waals surface area contributed by atoms with Crippen LogP contribution in [-0.2, 0) is 11.3 Å². The molecule has 24 heavy (non-hydrogen) atoms. The molecule has 3 saturated heterocycles. The number of aromatic nitrogens is 6. The summed E-state index contributed by atoms with van der Waals surface area (Å²) in [5.41, 5.74) is 0. The fraction of sp³-hybridized carbons (Fsp3) is 0.600. The number of amides is 1. The molecule has 2 bridgehead atoms. The molecule has 5 heterocycles. The Hall–Kier alpha value is -2.58. The van der Waals surface area contributed by atoms with Crippen molar-refractivity contribution in [2.24, 2.45) is 5.92 Å². The first-order valence-corrected chi connectivity index (χ1v) is 8.31. The van der Waals surface area contributed by atoms with E-state index in [-0.39, 0.29) is 11.9 Å². The number of hydrogen-bond acceptors (Lipinski definition) is 7. The van der Waals surface area contributed by atoms with Gasteiger partial charge >= 0.3 is 0 Å². The number of aryl methyl sites for hydroxylation is 1. The normalized spacial score (nSPS) is 23.3. The smallest absolute Gasteiger partial charge is 0.224 e. The maximum Gasteiger partial charge on any atom is 0.224 e. The summed E-state index contributed by atoms with van der Waals surface area (Å²) in [7, 11) is 0. The van der Waals surface area contributed by atoms with Crippen LogP contribution in [0.2, 0.25) is 0 Å². The summed E-state index contributed by atoms with van der Waals surface area (Å²) in [5, 5.41) is 11.0. The van der Waals surface area contributed by atoms with E-state index in [9.17, 15) is 4.79 Å². The van der Waals surface area contributed by atoms with Crippen molar-refractivity contribution >= 4 is 11.7 Å². The second kappa shape index (κ2) is 6.50. The number of rotatable bonds is 4. The SMILES string of the molecule is O=C(CCn1cnnn1)N1CC2CCC1CN(c1cnccn1)C2. The molecule has 9 nitrogen and oxygen atoms in total. The Morgan fingerprint density at radius 1 is 1.21 bits per heavy atom. The van der Waals surface area contributed by atoms with E-state index in [1.54, 1.807) is 23.3 Å². The quantitative estimate of drug-likeness (QED) is 0.778. The van der Waals surface area contributed by atoms with Crippen molar-refractivity contribution in [3.8, 4) is 0 Å². The molecule has 1 amide bonds. The number of anilines is 1. The fourth-order valence-electron chi connectivity index (χ4n) is 3.67. The van der Waals surface area contributed by atoms with Gasteiger partial charge in [-0.3, -0.25) is 9.78 Å². The highest BCUT2D eigenvalue weighted by Gasteiger charge is 2.37. The van der Waals surface area contributed by atoms with Crippen LogP contribution in [0.15, 0.2) is 24.9 Å². The molecule has 126 valence electrons. The van der Waals surface area contributed by atoms with Crippen molar-refractivity contribution in [2.75, 3.05) is 24.5 Å². The molecular formula is C15H20N8O. The lowest BCUT2D eigenvalue weighted by Gasteiger charge is -2.36. The van der Waals surface area contributed by atoms with E-state index in [0.717, 1.165) is 38.3 Å². The first-order valence-electron chi connectivity index (χ1n) is 8.31. The molecule has 0 aliphatic carbocycles. The molecule has 2 atom stereocenters. The van der Waals surface area contributed by atoms with Gasteiger partial charge < -0.3 is 9.80 Å². The lowest BCUT2D eigenvalue weighted by molar-refractivity contribution is -0.135. The number of carbonyl (C=O) groups excluding carboxylic acids is 1. The number of tetrazole rings is 1. The van der Waals surface area contributed by atoms with Gasteiger partial charge in [-0.25, -0.2) is 9.67 Å². The van der Waals surface area contributed by atoms with Gasteiger partial charge in [-0.2, -0.15) is 0 Å². The molecule has 3 aliphatic rings. The summed E-state index contributed by atoms with van der Waals surface area (Å²) in [6.45, 7) is 3.11. The summed E-state index contributed by atoms with van der Waals surface area (Å²) in [6, 6.07) is 0.243. The van der Waals surface area contributed by atoms with Gasteiger partial charge in [0.2, 0.25) is 5.91 Å². The van der Waals surface area contributed by atoms with Crippen LogP contribution in [0.4, 0.5) is 5.82 Å². The van der Waals surface area contributed by atoms with Crippen LogP contribution in [0.25, 0.3) is 0 Å². The van der Waals surface area contributed by atoms with Crippen molar-refractivity contribution in [3.63, 3.8) is 0 Å². The van der Waals surface area contributed by atoms with E-state index in [2.05, 4.69) is 35.3 Å². The minimum Gasteiger partial charge on any atom is -0.353 e. The van der Waals surface area contributed by atoms with Crippen LogP contribution in [0.3, 0.4) is 0 Å². The Morgan fingerprint density at radius 3 is 2.96 bits per heavy atom. The highest BCUT2D eigenvalue weighted by molar-refractivity contribution is 5.76. The second-order valence-corrected chi connectivity index (χ2v) is 6.43. The average Bonchev–Trinajstić information content (AvgIpc) is 2.98. The molecule has 2 aromatic heterocycles. The largest absolute Gasteiger partial charge is 0.353 e. The summed E-state index contributed by atoms with van der Waals surface area (Å²) in [6.07, 6.45) is 9.39. The highest BCUT2D eigenvalue weighted by Crippen LogP contribution is 2.30. The van der Waals surface area contributed by atoms with Crippen LogP contribution in [0, 0.1) is 5.92 Å². The average molecular weight is 328 g/mol. The van der Waals surface area contributed by atoms with Crippen molar-refractivity contribution in [2.45, 2.75) is 31.8 Å². The van der Waals surface area contributed by atoms with Gasteiger partial charge in [0.25, 0.3) is 0 Å². The minimum absolute atomic E-state index is 0.182. The summed E-state index contributed by atoms with van der Waals surface area (Å²) < 4.78 is 1.60. The number of carbonyl (C=O) groups is 1. The van der Waals surface area contributed by atoms with E-state index in [1.807, 2.05) is 0 Å². The van der Waals surface area contributed by atoms with Gasteiger partial charge in [0.15, 0.2) is 0 Å². The van der Waals surface area contributed by atoms with Gasteiger partial charge in [-0.15, -0.1) is 5.10 Å². The zero-order chi connectivity index (χ0) is 16.4. The Bertz CT molecular complexity index is 676. The Labute approximate surface area is 139 Å². The van der Waals surface area contributed by atoms with Crippen LogP contribution in [0.5, 0.6) is 0 Å². The van der Waals surface area contributed by atoms with Crippen molar-refractivity contribution < 1.29 is 4.79 Å². The van der Waals surface area contributed by atoms with E-state index in [4.69, 9.17) is 0 Å². The lowest BCUT2D eigenvalue weighted by atomic mass is 9.95. The van der Waals surface area contributed by atoms with Crippen LogP contribution in [-0.4, -0.2) is 66.7 Å². The summed E-state index contributed by atoms with van der Waals surface area (Å²) >= 11 is 0. The van der Waals surface area contributed by atoms with Gasteiger partial charge in [-0.1, -0.05) is 0 Å². The third-order valence-electron chi connectivity index (χ3n) is 4.85. The number of nitrogens with zero attached hydrogens (tertiary/aromatic N) is 8. The molecule has 2 aromatic rings. The third kappa shape index (κ3) is 3.06. The van der Waals surface area contributed by atoms with E-state index >= 15 is 0 Å². The Morgan fingerprint density at radius 2 is 2.17 bits per heavy atom. The minimum atomic E-state index is 0.182. The molecule has 0 spiro atoms. The Kier molecular flexibility index (Phi) is 4.06. The highest BCUT2D eigenvalue weighted by atomic mass is 16.2. The van der Waals surface area contributed by atoms with Crippen molar-refractivity contribution in [3.05, 3.63) is 24.9 Å². The zero-order valence-corrected chi connectivity index (χ0v) is 13.4. The molecule has 0 N–H and O–H groups in total. The number of hydrogen-bond donors (Lipinski definition) is 0. The van der Waals surface area contributed by atoms with E-state index in [1.165, 1.54) is 6.33 Å². The predicted octanol–water partition coefficient (Wildman–Crippen LogP) is -0.0194.